The molecule has 0 atom stereocenters. The Balaban J connectivity index is 2.18. The van der Waals surface area contributed by atoms with Crippen molar-refractivity contribution in [1.82, 2.24) is 4.90 Å². The highest BCUT2D eigenvalue weighted by Crippen LogP contribution is 2.17. The van der Waals surface area contributed by atoms with Gasteiger partial charge >= 0.3 is 5.97 Å². The molecule has 0 saturated heterocycles. The number of benzene rings is 2. The van der Waals surface area contributed by atoms with Gasteiger partial charge in [-0.2, -0.15) is 0 Å². The fourth-order valence-electron chi connectivity index (χ4n) is 2.46. The minimum atomic E-state index is -0.327. The minimum absolute atomic E-state index is 0.136. The van der Waals surface area contributed by atoms with Crippen molar-refractivity contribution in [3.8, 4) is 5.75 Å². The molecular formula is C20H22ClNO4. The first-order chi connectivity index (χ1) is 12.5. The molecule has 0 aliphatic carbocycles. The lowest BCUT2D eigenvalue weighted by Gasteiger charge is -2.23. The van der Waals surface area contributed by atoms with Crippen molar-refractivity contribution in [1.29, 1.82) is 0 Å². The van der Waals surface area contributed by atoms with Gasteiger partial charge in [-0.3, -0.25) is 9.59 Å². The minimum Gasteiger partial charge on any atom is -0.497 e. The number of methoxy groups -OCH3 is 1. The van der Waals surface area contributed by atoms with Crippen molar-refractivity contribution in [3.05, 3.63) is 64.7 Å². The van der Waals surface area contributed by atoms with Crippen LogP contribution in [0.2, 0.25) is 5.02 Å². The standard InChI is InChI=1S/C20H22ClNO4/c1-3-26-19(23)11-12-22(14-15-7-9-17(21)10-8-15)20(24)16-5-4-6-18(13-16)25-2/h4-10,13H,3,11-12,14H2,1-2H3. The van der Waals surface area contributed by atoms with Crippen molar-refractivity contribution >= 4 is 23.5 Å². The summed E-state index contributed by atoms with van der Waals surface area (Å²) in [6, 6.07) is 14.2. The summed E-state index contributed by atoms with van der Waals surface area (Å²) < 4.78 is 10.2. The van der Waals surface area contributed by atoms with Crippen LogP contribution in [0.3, 0.4) is 0 Å². The number of carbonyl (C=O) groups is 2. The number of carbonyl (C=O) groups excluding carboxylic acids is 2. The molecule has 138 valence electrons. The lowest BCUT2D eigenvalue weighted by molar-refractivity contribution is -0.143. The van der Waals surface area contributed by atoms with E-state index < -0.39 is 0 Å². The van der Waals surface area contributed by atoms with E-state index in [0.29, 0.717) is 29.5 Å². The second-order valence-electron chi connectivity index (χ2n) is 5.64. The largest absolute Gasteiger partial charge is 0.497 e. The maximum Gasteiger partial charge on any atom is 0.307 e. The molecule has 5 nitrogen and oxygen atoms in total. The fraction of sp³-hybridized carbons (Fsp3) is 0.300. The number of hydrogen-bond acceptors (Lipinski definition) is 4. The predicted molar refractivity (Wildman–Crippen MR) is 100 cm³/mol. The zero-order chi connectivity index (χ0) is 18.9. The third-order valence-corrected chi connectivity index (χ3v) is 4.03. The summed E-state index contributed by atoms with van der Waals surface area (Å²) in [5.41, 5.74) is 1.43. The van der Waals surface area contributed by atoms with Gasteiger partial charge in [0.15, 0.2) is 0 Å². The van der Waals surface area contributed by atoms with Crippen LogP contribution in [0, 0.1) is 0 Å². The zero-order valence-electron chi connectivity index (χ0n) is 14.9. The second-order valence-corrected chi connectivity index (χ2v) is 6.08. The number of esters is 1. The van der Waals surface area contributed by atoms with E-state index in [1.165, 1.54) is 0 Å². The summed E-state index contributed by atoms with van der Waals surface area (Å²) in [5.74, 6) is 0.0999. The third kappa shape index (κ3) is 5.77. The molecule has 0 unspecified atom stereocenters. The van der Waals surface area contributed by atoms with E-state index >= 15 is 0 Å². The van der Waals surface area contributed by atoms with Gasteiger partial charge in [0.05, 0.1) is 20.1 Å². The molecule has 6 heteroatoms. The number of rotatable bonds is 8. The number of nitrogens with zero attached hydrogens (tertiary/aromatic N) is 1. The Kier molecular flexibility index (Phi) is 7.48. The molecule has 0 aliphatic heterocycles. The van der Waals surface area contributed by atoms with Gasteiger partial charge in [-0.15, -0.1) is 0 Å². The summed E-state index contributed by atoms with van der Waals surface area (Å²) in [5, 5.41) is 0.631. The van der Waals surface area contributed by atoms with Gasteiger partial charge in [0.1, 0.15) is 5.75 Å². The lowest BCUT2D eigenvalue weighted by atomic mass is 10.1. The van der Waals surface area contributed by atoms with E-state index in [1.807, 2.05) is 12.1 Å². The number of halogens is 1. The number of ether oxygens (including phenoxy) is 2. The second kappa shape index (κ2) is 9.82. The summed E-state index contributed by atoms with van der Waals surface area (Å²) in [7, 11) is 1.55. The van der Waals surface area contributed by atoms with Crippen molar-refractivity contribution in [3.63, 3.8) is 0 Å². The Morgan fingerprint density at radius 2 is 1.85 bits per heavy atom. The highest BCUT2D eigenvalue weighted by atomic mass is 35.5. The number of hydrogen-bond donors (Lipinski definition) is 0. The Labute approximate surface area is 158 Å². The molecule has 26 heavy (non-hydrogen) atoms. The van der Waals surface area contributed by atoms with Crippen LogP contribution in [0.25, 0.3) is 0 Å². The molecule has 0 radical (unpaired) electrons. The maximum atomic E-state index is 12.9. The molecule has 2 aromatic carbocycles. The Bertz CT molecular complexity index is 746. The van der Waals surface area contributed by atoms with Crippen LogP contribution in [0.15, 0.2) is 48.5 Å². The Morgan fingerprint density at radius 1 is 1.12 bits per heavy atom. The van der Waals surface area contributed by atoms with Crippen molar-refractivity contribution in [2.75, 3.05) is 20.3 Å². The van der Waals surface area contributed by atoms with Crippen LogP contribution in [0.5, 0.6) is 5.75 Å². The van der Waals surface area contributed by atoms with Crippen LogP contribution in [-0.4, -0.2) is 37.0 Å². The predicted octanol–water partition coefficient (Wildman–Crippen LogP) is 3.94. The molecule has 0 bridgehead atoms. The molecule has 0 saturated carbocycles. The quantitative estimate of drug-likeness (QED) is 0.656. The van der Waals surface area contributed by atoms with E-state index in [-0.39, 0.29) is 24.8 Å². The first kappa shape index (κ1) is 19.8. The average Bonchev–Trinajstić information content (AvgIpc) is 2.66. The molecule has 0 aromatic heterocycles. The first-order valence-corrected chi connectivity index (χ1v) is 8.74. The van der Waals surface area contributed by atoms with Gasteiger partial charge in [-0.05, 0) is 42.8 Å². The van der Waals surface area contributed by atoms with E-state index in [1.54, 1.807) is 55.3 Å². The van der Waals surface area contributed by atoms with Crippen LogP contribution >= 0.6 is 11.6 Å². The van der Waals surface area contributed by atoms with Crippen molar-refractivity contribution in [2.45, 2.75) is 19.9 Å². The highest BCUT2D eigenvalue weighted by molar-refractivity contribution is 6.30. The third-order valence-electron chi connectivity index (χ3n) is 3.78. The fourth-order valence-corrected chi connectivity index (χ4v) is 2.59. The zero-order valence-corrected chi connectivity index (χ0v) is 15.7. The normalized spacial score (nSPS) is 10.3. The molecule has 2 aromatic rings. The average molecular weight is 376 g/mol. The van der Waals surface area contributed by atoms with E-state index in [2.05, 4.69) is 0 Å². The summed E-state index contributed by atoms with van der Waals surface area (Å²) in [6.07, 6.45) is 0.136. The van der Waals surface area contributed by atoms with E-state index in [0.717, 1.165) is 5.56 Å². The SMILES string of the molecule is CCOC(=O)CCN(Cc1ccc(Cl)cc1)C(=O)c1cccc(OC)c1. The van der Waals surface area contributed by atoms with Gasteiger partial charge in [-0.25, -0.2) is 0 Å². The van der Waals surface area contributed by atoms with Gasteiger partial charge in [0.25, 0.3) is 5.91 Å². The summed E-state index contributed by atoms with van der Waals surface area (Å²) in [6.45, 7) is 2.70. The van der Waals surface area contributed by atoms with Gasteiger partial charge < -0.3 is 14.4 Å². The van der Waals surface area contributed by atoms with Gasteiger partial charge in [0.2, 0.25) is 0 Å². The van der Waals surface area contributed by atoms with Gasteiger partial charge in [-0.1, -0.05) is 29.8 Å². The Hall–Kier alpha value is -2.53. The molecule has 0 aliphatic rings. The molecule has 1 amide bonds. The van der Waals surface area contributed by atoms with Gasteiger partial charge in [0, 0.05) is 23.7 Å². The van der Waals surface area contributed by atoms with E-state index in [4.69, 9.17) is 21.1 Å². The summed E-state index contributed by atoms with van der Waals surface area (Å²) in [4.78, 5) is 26.3. The van der Waals surface area contributed by atoms with Crippen molar-refractivity contribution < 1.29 is 19.1 Å². The molecule has 2 rings (SSSR count). The monoisotopic (exact) mass is 375 g/mol. The Morgan fingerprint density at radius 3 is 2.50 bits per heavy atom. The molecule has 0 N–H and O–H groups in total. The van der Waals surface area contributed by atoms with Crippen LogP contribution < -0.4 is 4.74 Å². The molecule has 0 fully saturated rings. The smallest absolute Gasteiger partial charge is 0.307 e. The lowest BCUT2D eigenvalue weighted by Crippen LogP contribution is -2.33. The molecule has 0 spiro atoms. The number of amides is 1. The highest BCUT2D eigenvalue weighted by Gasteiger charge is 2.18. The van der Waals surface area contributed by atoms with Crippen molar-refractivity contribution in [2.24, 2.45) is 0 Å². The molecule has 0 heterocycles. The molecular weight excluding hydrogens is 354 g/mol. The summed E-state index contributed by atoms with van der Waals surface area (Å²) >= 11 is 5.92. The van der Waals surface area contributed by atoms with Crippen LogP contribution in [0.4, 0.5) is 0 Å². The van der Waals surface area contributed by atoms with Crippen LogP contribution in [-0.2, 0) is 16.1 Å². The first-order valence-electron chi connectivity index (χ1n) is 8.37. The topological polar surface area (TPSA) is 55.8 Å². The van der Waals surface area contributed by atoms with Crippen LogP contribution in [0.1, 0.15) is 29.3 Å². The van der Waals surface area contributed by atoms with E-state index in [9.17, 15) is 9.59 Å². The maximum absolute atomic E-state index is 12.9.